The Morgan fingerprint density at radius 3 is 2.03 bits per heavy atom. The Morgan fingerprint density at radius 1 is 1.00 bits per heavy atom. The van der Waals surface area contributed by atoms with Gasteiger partial charge in [-0.15, -0.1) is 0 Å². The highest BCUT2D eigenvalue weighted by molar-refractivity contribution is 5.89. The van der Waals surface area contributed by atoms with E-state index in [0.717, 1.165) is 21.3 Å². The fraction of sp³-hybridized carbons (Fsp3) is 0.500. The third-order valence-electron chi connectivity index (χ3n) is 4.21. The Morgan fingerprint density at radius 2 is 1.59 bits per heavy atom. The summed E-state index contributed by atoms with van der Waals surface area (Å²) in [7, 11) is 5.62. The topological polar surface area (TPSA) is 89.2 Å². The molecule has 1 atom stereocenters. The molecular weight excluding hydrogens is 402 g/mol. The minimum atomic E-state index is -4.11. The van der Waals surface area contributed by atoms with E-state index in [9.17, 15) is 22.4 Å². The summed E-state index contributed by atoms with van der Waals surface area (Å²) in [5, 5.41) is 0. The number of carbonyl (C=O) groups excluding carboxylic acids is 1. The minimum Gasteiger partial charge on any atom is -0.497 e. The first-order valence-electron chi connectivity index (χ1n) is 8.08. The van der Waals surface area contributed by atoms with E-state index in [1.165, 1.54) is 7.11 Å². The number of benzene rings is 1. The molecule has 0 saturated carbocycles. The van der Waals surface area contributed by atoms with Crippen LogP contribution in [-0.4, -0.2) is 65.2 Å². The maximum Gasteiger partial charge on any atom is 0.337 e. The van der Waals surface area contributed by atoms with Crippen LogP contribution in [0.1, 0.15) is 10.4 Å². The molecule has 0 spiro atoms. The predicted octanol–water partition coefficient (Wildman–Crippen LogP) is 2.60. The van der Waals surface area contributed by atoms with Gasteiger partial charge in [0.25, 0.3) is 5.79 Å². The van der Waals surface area contributed by atoms with Gasteiger partial charge in [-0.2, -0.15) is 17.6 Å². The van der Waals surface area contributed by atoms with Gasteiger partial charge < -0.3 is 29.4 Å². The van der Waals surface area contributed by atoms with Crippen molar-refractivity contribution in [1.29, 1.82) is 0 Å². The SMILES string of the molecule is COC(=O)c1cccc(OC)c1.COC1=CC(OC)(OC)C(F)(F)C(N)C1(F)F. The van der Waals surface area contributed by atoms with Gasteiger partial charge in [-0.3, -0.25) is 0 Å². The molecule has 0 radical (unpaired) electrons. The van der Waals surface area contributed by atoms with E-state index in [4.69, 9.17) is 10.5 Å². The van der Waals surface area contributed by atoms with Crippen LogP contribution in [0.2, 0.25) is 0 Å². The van der Waals surface area contributed by atoms with Crippen LogP contribution >= 0.6 is 0 Å². The zero-order valence-corrected chi connectivity index (χ0v) is 16.5. The largest absolute Gasteiger partial charge is 0.497 e. The number of nitrogens with two attached hydrogens (primary N) is 1. The van der Waals surface area contributed by atoms with Crippen molar-refractivity contribution in [1.82, 2.24) is 0 Å². The quantitative estimate of drug-likeness (QED) is 0.441. The van der Waals surface area contributed by atoms with Crippen LogP contribution in [0.4, 0.5) is 17.6 Å². The highest BCUT2D eigenvalue weighted by Gasteiger charge is 2.70. The van der Waals surface area contributed by atoms with Crippen LogP contribution in [0.5, 0.6) is 5.75 Å². The first kappa shape index (κ1) is 24.7. The summed E-state index contributed by atoms with van der Waals surface area (Å²) in [5.74, 6) is -11.5. The molecule has 164 valence electrons. The van der Waals surface area contributed by atoms with Gasteiger partial charge in [0.1, 0.15) is 11.8 Å². The molecule has 29 heavy (non-hydrogen) atoms. The molecule has 0 amide bonds. The maximum absolute atomic E-state index is 13.8. The molecule has 1 unspecified atom stereocenters. The van der Waals surface area contributed by atoms with Crippen molar-refractivity contribution in [2.45, 2.75) is 23.7 Å². The van der Waals surface area contributed by atoms with Crippen molar-refractivity contribution in [3.8, 4) is 5.75 Å². The Kier molecular flexibility index (Phi) is 8.01. The number of hydrogen-bond donors (Lipinski definition) is 1. The van der Waals surface area contributed by atoms with Crippen LogP contribution < -0.4 is 10.5 Å². The molecule has 0 aromatic heterocycles. The van der Waals surface area contributed by atoms with E-state index >= 15 is 0 Å². The number of rotatable bonds is 5. The van der Waals surface area contributed by atoms with E-state index in [1.807, 2.05) is 0 Å². The number of alkyl halides is 4. The summed E-state index contributed by atoms with van der Waals surface area (Å²) < 4.78 is 77.3. The van der Waals surface area contributed by atoms with Gasteiger partial charge in [0, 0.05) is 20.3 Å². The predicted molar refractivity (Wildman–Crippen MR) is 94.0 cm³/mol. The van der Waals surface area contributed by atoms with E-state index in [2.05, 4.69) is 18.9 Å². The number of halogens is 4. The number of esters is 1. The average Bonchev–Trinajstić information content (AvgIpc) is 2.73. The Labute approximate surface area is 165 Å². The Hall–Kier alpha value is -2.37. The van der Waals surface area contributed by atoms with Crippen molar-refractivity contribution in [2.75, 3.05) is 35.5 Å². The maximum atomic E-state index is 13.8. The molecule has 1 aliphatic carbocycles. The van der Waals surface area contributed by atoms with Gasteiger partial charge in [0.15, 0.2) is 5.76 Å². The van der Waals surface area contributed by atoms with E-state index in [1.54, 1.807) is 31.4 Å². The first-order valence-corrected chi connectivity index (χ1v) is 8.08. The van der Waals surface area contributed by atoms with Crippen LogP contribution in [0.15, 0.2) is 36.1 Å². The lowest BCUT2D eigenvalue weighted by molar-refractivity contribution is -0.323. The number of methoxy groups -OCH3 is 5. The van der Waals surface area contributed by atoms with Crippen molar-refractivity contribution in [2.24, 2.45) is 5.73 Å². The standard InChI is InChI=1S/C9H13F4NO3.C9H10O3/c1-15-5-4-7(16-2,17-3)9(12,13)6(14)8(5,10)11;1-11-8-5-3-4-7(6-8)9(10)12-2/h4,6H,14H2,1-3H3;3-6H,1-2H3. The van der Waals surface area contributed by atoms with E-state index < -0.39 is 29.4 Å². The summed E-state index contributed by atoms with van der Waals surface area (Å²) in [4.78, 5) is 11.0. The van der Waals surface area contributed by atoms with E-state index in [0.29, 0.717) is 17.4 Å². The molecule has 0 fully saturated rings. The minimum absolute atomic E-state index is 0.353. The van der Waals surface area contributed by atoms with Crippen molar-refractivity contribution < 1.29 is 46.0 Å². The second-order valence-corrected chi connectivity index (χ2v) is 5.74. The second kappa shape index (κ2) is 9.42. The van der Waals surface area contributed by atoms with Crippen LogP contribution in [0.3, 0.4) is 0 Å². The summed E-state index contributed by atoms with van der Waals surface area (Å²) in [6.45, 7) is 0. The smallest absolute Gasteiger partial charge is 0.337 e. The molecule has 1 aromatic carbocycles. The summed E-state index contributed by atoms with van der Waals surface area (Å²) in [6.07, 6.45) is 0.399. The van der Waals surface area contributed by atoms with Gasteiger partial charge in [-0.1, -0.05) is 6.07 Å². The first-order chi connectivity index (χ1) is 13.5. The molecule has 2 N–H and O–H groups in total. The third kappa shape index (κ3) is 4.62. The lowest BCUT2D eigenvalue weighted by atomic mass is 9.87. The molecule has 0 bridgehead atoms. The van der Waals surface area contributed by atoms with Crippen LogP contribution in [0, 0.1) is 0 Å². The zero-order chi connectivity index (χ0) is 22.5. The molecule has 0 heterocycles. The highest BCUT2D eigenvalue weighted by Crippen LogP contribution is 2.48. The van der Waals surface area contributed by atoms with Gasteiger partial charge in [-0.05, 0) is 18.2 Å². The lowest BCUT2D eigenvalue weighted by Crippen LogP contribution is -2.68. The van der Waals surface area contributed by atoms with Gasteiger partial charge in [0.05, 0.1) is 26.9 Å². The molecule has 0 saturated heterocycles. The molecule has 7 nitrogen and oxygen atoms in total. The fourth-order valence-corrected chi connectivity index (χ4v) is 2.50. The zero-order valence-electron chi connectivity index (χ0n) is 16.5. The van der Waals surface area contributed by atoms with Crippen molar-refractivity contribution >= 4 is 5.97 Å². The Bertz CT molecular complexity index is 737. The van der Waals surface area contributed by atoms with Crippen molar-refractivity contribution in [3.05, 3.63) is 41.7 Å². The lowest BCUT2D eigenvalue weighted by Gasteiger charge is -2.44. The van der Waals surface area contributed by atoms with E-state index in [-0.39, 0.29) is 5.97 Å². The Balaban J connectivity index is 0.000000308. The van der Waals surface area contributed by atoms with Gasteiger partial charge in [0.2, 0.25) is 0 Å². The van der Waals surface area contributed by atoms with Gasteiger partial charge in [-0.25, -0.2) is 4.79 Å². The number of carbonyl (C=O) groups is 1. The van der Waals surface area contributed by atoms with Crippen LogP contribution in [-0.2, 0) is 18.9 Å². The molecule has 11 heteroatoms. The number of ether oxygens (including phenoxy) is 5. The third-order valence-corrected chi connectivity index (χ3v) is 4.21. The summed E-state index contributed by atoms with van der Waals surface area (Å²) in [5.41, 5.74) is 5.40. The highest BCUT2D eigenvalue weighted by atomic mass is 19.3. The number of hydrogen-bond acceptors (Lipinski definition) is 7. The fourth-order valence-electron chi connectivity index (χ4n) is 2.50. The molecule has 1 aromatic rings. The average molecular weight is 425 g/mol. The summed E-state index contributed by atoms with van der Waals surface area (Å²) in [6, 6.07) is 4.01. The normalized spacial score (nSPS) is 21.2. The summed E-state index contributed by atoms with van der Waals surface area (Å²) >= 11 is 0. The molecular formula is C18H23F4NO6. The monoisotopic (exact) mass is 425 g/mol. The molecule has 0 aliphatic heterocycles. The van der Waals surface area contributed by atoms with Crippen molar-refractivity contribution in [3.63, 3.8) is 0 Å². The second-order valence-electron chi connectivity index (χ2n) is 5.74. The molecule has 2 rings (SSSR count). The van der Waals surface area contributed by atoms with Gasteiger partial charge >= 0.3 is 17.8 Å². The molecule has 1 aliphatic rings. The van der Waals surface area contributed by atoms with Crippen LogP contribution in [0.25, 0.3) is 0 Å².